The average Bonchev–Trinajstić information content (AvgIpc) is 3.06. The van der Waals surface area contributed by atoms with Crippen molar-refractivity contribution in [3.63, 3.8) is 0 Å². The molecule has 0 spiro atoms. The van der Waals surface area contributed by atoms with Gasteiger partial charge in [0.05, 0.1) is 19.3 Å². The van der Waals surface area contributed by atoms with Crippen LogP contribution >= 0.6 is 0 Å². The molecule has 1 aliphatic heterocycles. The zero-order valence-corrected chi connectivity index (χ0v) is 11.8. The number of esters is 1. The number of pyridine rings is 1. The number of aromatic nitrogens is 3. The summed E-state index contributed by atoms with van der Waals surface area (Å²) in [5, 5.41) is 4.09. The van der Waals surface area contributed by atoms with Gasteiger partial charge in [0.15, 0.2) is 5.78 Å². The topological polar surface area (TPSA) is 74.1 Å². The van der Waals surface area contributed by atoms with Gasteiger partial charge in [-0.3, -0.25) is 19.3 Å². The summed E-state index contributed by atoms with van der Waals surface area (Å²) in [5.41, 5.74) is -0.469. The first-order valence-corrected chi connectivity index (χ1v) is 6.55. The van der Waals surface area contributed by atoms with E-state index in [0.717, 1.165) is 12.3 Å². The molecule has 0 amide bonds. The second-order valence-corrected chi connectivity index (χ2v) is 4.96. The Morgan fingerprint density at radius 3 is 2.74 bits per heavy atom. The van der Waals surface area contributed by atoms with Crippen LogP contribution in [-0.4, -0.2) is 33.6 Å². The van der Waals surface area contributed by atoms with Gasteiger partial charge in [-0.05, 0) is 18.2 Å². The Labute approximate surface area is 127 Å². The zero-order valence-electron chi connectivity index (χ0n) is 11.8. The van der Waals surface area contributed by atoms with Gasteiger partial charge in [0.25, 0.3) is 0 Å². The number of ketones is 1. The molecular weight excluding hydrogens is 315 g/mol. The van der Waals surface area contributed by atoms with Crippen molar-refractivity contribution in [3.05, 3.63) is 35.8 Å². The lowest BCUT2D eigenvalue weighted by molar-refractivity contribution is -0.144. The summed E-state index contributed by atoms with van der Waals surface area (Å²) in [6.45, 7) is 0.0120. The number of fused-ring (bicyclic) bond motifs is 1. The molecule has 6 nitrogen and oxygen atoms in total. The number of ether oxygens (including phenoxy) is 1. The van der Waals surface area contributed by atoms with Crippen molar-refractivity contribution in [2.75, 3.05) is 7.11 Å². The summed E-state index contributed by atoms with van der Waals surface area (Å²) in [5.74, 6) is -2.08. The molecule has 9 heteroatoms. The predicted octanol–water partition coefficient (Wildman–Crippen LogP) is 1.95. The Bertz CT molecular complexity index is 798. The van der Waals surface area contributed by atoms with Crippen LogP contribution in [-0.2, 0) is 22.3 Å². The van der Waals surface area contributed by atoms with Crippen LogP contribution in [0.15, 0.2) is 24.4 Å². The van der Waals surface area contributed by atoms with Gasteiger partial charge in [-0.1, -0.05) is 0 Å². The predicted molar refractivity (Wildman–Crippen MR) is 70.3 cm³/mol. The number of hydrogen-bond donors (Lipinski definition) is 0. The Hall–Kier alpha value is -2.71. The molecule has 0 saturated carbocycles. The van der Waals surface area contributed by atoms with Crippen molar-refractivity contribution in [1.29, 1.82) is 0 Å². The number of rotatable bonds is 2. The molecule has 0 N–H and O–H groups in total. The van der Waals surface area contributed by atoms with Crippen LogP contribution in [0.2, 0.25) is 0 Å². The fourth-order valence-electron chi connectivity index (χ4n) is 2.40. The van der Waals surface area contributed by atoms with Crippen molar-refractivity contribution in [2.45, 2.75) is 12.7 Å². The Morgan fingerprint density at radius 2 is 2.13 bits per heavy atom. The van der Waals surface area contributed by atoms with Gasteiger partial charge in [-0.25, -0.2) is 0 Å². The van der Waals surface area contributed by atoms with E-state index in [-0.39, 0.29) is 23.5 Å². The highest BCUT2D eigenvalue weighted by atomic mass is 19.4. The quantitative estimate of drug-likeness (QED) is 0.623. The summed E-state index contributed by atoms with van der Waals surface area (Å²) in [7, 11) is 1.18. The first-order chi connectivity index (χ1) is 10.8. The summed E-state index contributed by atoms with van der Waals surface area (Å²) in [6.07, 6.45) is -3.54. The highest BCUT2D eigenvalue weighted by Gasteiger charge is 2.38. The van der Waals surface area contributed by atoms with Gasteiger partial charge in [0, 0.05) is 11.8 Å². The third kappa shape index (κ3) is 2.58. The van der Waals surface area contributed by atoms with Crippen molar-refractivity contribution in [1.82, 2.24) is 14.8 Å². The minimum atomic E-state index is -4.57. The molecule has 3 heterocycles. The summed E-state index contributed by atoms with van der Waals surface area (Å²) in [4.78, 5) is 26.9. The molecule has 0 fully saturated rings. The van der Waals surface area contributed by atoms with Crippen LogP contribution in [0.4, 0.5) is 13.2 Å². The lowest BCUT2D eigenvalue weighted by atomic mass is 10.0. The molecule has 0 aliphatic carbocycles. The number of halogens is 3. The maximum atomic E-state index is 12.7. The number of carbonyl (C=O) groups is 2. The summed E-state index contributed by atoms with van der Waals surface area (Å²) < 4.78 is 43.9. The number of carbonyl (C=O) groups excluding carboxylic acids is 2. The van der Waals surface area contributed by atoms with Crippen LogP contribution in [0.3, 0.4) is 0 Å². The van der Waals surface area contributed by atoms with Crippen LogP contribution in [0.1, 0.15) is 16.2 Å². The molecule has 2 aromatic heterocycles. The van der Waals surface area contributed by atoms with E-state index in [2.05, 4.69) is 14.8 Å². The monoisotopic (exact) mass is 325 g/mol. The molecule has 1 unspecified atom stereocenters. The van der Waals surface area contributed by atoms with E-state index in [9.17, 15) is 22.8 Å². The van der Waals surface area contributed by atoms with Gasteiger partial charge in [-0.15, -0.1) is 0 Å². The van der Waals surface area contributed by atoms with Gasteiger partial charge >= 0.3 is 12.1 Å². The Kier molecular flexibility index (Phi) is 3.42. The first kappa shape index (κ1) is 15.2. The lowest BCUT2D eigenvalue weighted by Gasteiger charge is -2.07. The van der Waals surface area contributed by atoms with Crippen molar-refractivity contribution in [2.24, 2.45) is 5.92 Å². The molecule has 120 valence electrons. The maximum absolute atomic E-state index is 12.7. The van der Waals surface area contributed by atoms with E-state index in [0.29, 0.717) is 0 Å². The van der Waals surface area contributed by atoms with E-state index < -0.39 is 29.5 Å². The summed E-state index contributed by atoms with van der Waals surface area (Å²) in [6, 6.07) is 3.59. The van der Waals surface area contributed by atoms with Crippen LogP contribution in [0.5, 0.6) is 0 Å². The van der Waals surface area contributed by atoms with Gasteiger partial charge in [-0.2, -0.15) is 18.3 Å². The molecule has 0 aromatic carbocycles. The highest BCUT2D eigenvalue weighted by molar-refractivity contribution is 6.09. The standard InChI is InChI=1S/C14H10F3N3O3/c1-23-13(22)8-6-20-10(12(8)21)5-9(19-20)7-2-3-18-11(4-7)14(15,16)17/h2-5,8H,6H2,1H3. The molecule has 0 radical (unpaired) electrons. The smallest absolute Gasteiger partial charge is 0.433 e. The minimum Gasteiger partial charge on any atom is -0.468 e. The molecule has 3 rings (SSSR count). The largest absolute Gasteiger partial charge is 0.468 e. The van der Waals surface area contributed by atoms with Crippen LogP contribution < -0.4 is 0 Å². The normalized spacial score (nSPS) is 17.2. The fourth-order valence-corrected chi connectivity index (χ4v) is 2.40. The van der Waals surface area contributed by atoms with Gasteiger partial charge in [0.1, 0.15) is 17.3 Å². The van der Waals surface area contributed by atoms with E-state index in [1.165, 1.54) is 23.9 Å². The third-order valence-corrected chi connectivity index (χ3v) is 3.54. The molecule has 2 aromatic rings. The average molecular weight is 325 g/mol. The Morgan fingerprint density at radius 1 is 1.39 bits per heavy atom. The SMILES string of the molecule is COC(=O)C1Cn2nc(-c3ccnc(C(F)(F)F)c3)cc2C1=O. The van der Waals surface area contributed by atoms with Crippen LogP contribution in [0.25, 0.3) is 11.3 Å². The lowest BCUT2D eigenvalue weighted by Crippen LogP contribution is -2.22. The number of alkyl halides is 3. The highest BCUT2D eigenvalue weighted by Crippen LogP contribution is 2.31. The molecule has 1 atom stereocenters. The zero-order chi connectivity index (χ0) is 16.8. The molecule has 1 aliphatic rings. The van der Waals surface area contributed by atoms with E-state index in [1.807, 2.05) is 0 Å². The number of nitrogens with zero attached hydrogens (tertiary/aromatic N) is 3. The van der Waals surface area contributed by atoms with E-state index in [4.69, 9.17) is 0 Å². The molecule has 23 heavy (non-hydrogen) atoms. The summed E-state index contributed by atoms with van der Waals surface area (Å²) >= 11 is 0. The van der Waals surface area contributed by atoms with E-state index in [1.54, 1.807) is 0 Å². The fraction of sp³-hybridized carbons (Fsp3) is 0.286. The van der Waals surface area contributed by atoms with Crippen molar-refractivity contribution < 1.29 is 27.5 Å². The van der Waals surface area contributed by atoms with Crippen molar-refractivity contribution >= 4 is 11.8 Å². The van der Waals surface area contributed by atoms with Crippen LogP contribution in [0, 0.1) is 5.92 Å². The molecular formula is C14H10F3N3O3. The number of methoxy groups -OCH3 is 1. The number of Topliss-reactive ketones (excluding diaryl/α,β-unsaturated/α-hetero) is 1. The van der Waals surface area contributed by atoms with Crippen molar-refractivity contribution in [3.8, 4) is 11.3 Å². The second-order valence-electron chi connectivity index (χ2n) is 4.96. The van der Waals surface area contributed by atoms with Gasteiger partial charge < -0.3 is 4.74 Å². The minimum absolute atomic E-state index is 0.0120. The van der Waals surface area contributed by atoms with Gasteiger partial charge in [0.2, 0.25) is 0 Å². The maximum Gasteiger partial charge on any atom is 0.433 e. The second kappa shape index (κ2) is 5.18. The Balaban J connectivity index is 1.94. The van der Waals surface area contributed by atoms with E-state index >= 15 is 0 Å². The molecule has 0 bridgehead atoms. The first-order valence-electron chi connectivity index (χ1n) is 6.55. The number of hydrogen-bond acceptors (Lipinski definition) is 5. The third-order valence-electron chi connectivity index (χ3n) is 3.54. The molecule has 0 saturated heterocycles.